The van der Waals surface area contributed by atoms with Gasteiger partial charge in [-0.25, -0.2) is 9.78 Å². The number of aromatic amines is 1. The van der Waals surface area contributed by atoms with Crippen molar-refractivity contribution in [2.75, 3.05) is 13.7 Å². The van der Waals surface area contributed by atoms with Crippen LogP contribution in [-0.4, -0.2) is 40.9 Å². The number of ether oxygens (including phenoxy) is 1. The highest BCUT2D eigenvalue weighted by Gasteiger charge is 2.22. The minimum atomic E-state index is -0.116. The lowest BCUT2D eigenvalue weighted by Crippen LogP contribution is -2.45. The molecule has 2 heterocycles. The van der Waals surface area contributed by atoms with E-state index < -0.39 is 0 Å². The summed E-state index contributed by atoms with van der Waals surface area (Å²) < 4.78 is 5.15. The second kappa shape index (κ2) is 7.65. The molecule has 2 aromatic heterocycles. The average Bonchev–Trinajstić information content (AvgIpc) is 3.17. The van der Waals surface area contributed by atoms with Crippen molar-refractivity contribution in [1.82, 2.24) is 25.8 Å². The molecule has 0 radical (unpaired) electrons. The minimum Gasteiger partial charge on any atom is -0.497 e. The van der Waals surface area contributed by atoms with Gasteiger partial charge in [0.15, 0.2) is 5.65 Å². The van der Waals surface area contributed by atoms with Crippen LogP contribution in [0.5, 0.6) is 5.75 Å². The Labute approximate surface area is 157 Å². The first-order valence-electron chi connectivity index (χ1n) is 9.20. The van der Waals surface area contributed by atoms with Crippen LogP contribution in [-0.2, 0) is 19.3 Å². The number of aromatic nitrogens is 3. The van der Waals surface area contributed by atoms with Crippen molar-refractivity contribution in [2.45, 2.75) is 31.7 Å². The van der Waals surface area contributed by atoms with E-state index >= 15 is 0 Å². The number of H-pyrrole nitrogens is 1. The number of aryl methyl sites for hydroxylation is 1. The summed E-state index contributed by atoms with van der Waals surface area (Å²) in [6.07, 6.45) is 7.16. The molecule has 0 aliphatic heterocycles. The molecular weight excluding hydrogens is 342 g/mol. The van der Waals surface area contributed by atoms with Crippen molar-refractivity contribution in [1.29, 1.82) is 0 Å². The summed E-state index contributed by atoms with van der Waals surface area (Å²) in [5.74, 6) is 0.837. The Bertz CT molecular complexity index is 935. The van der Waals surface area contributed by atoms with Gasteiger partial charge in [-0.05, 0) is 54.5 Å². The van der Waals surface area contributed by atoms with Gasteiger partial charge in [-0.15, -0.1) is 0 Å². The van der Waals surface area contributed by atoms with Crippen LogP contribution in [0.1, 0.15) is 23.1 Å². The molecule has 0 saturated carbocycles. The number of urea groups is 1. The first-order valence-corrected chi connectivity index (χ1v) is 9.20. The Morgan fingerprint density at radius 2 is 2.15 bits per heavy atom. The van der Waals surface area contributed by atoms with Gasteiger partial charge in [0.25, 0.3) is 0 Å². The number of rotatable bonds is 5. The van der Waals surface area contributed by atoms with Crippen LogP contribution in [0.15, 0.2) is 36.7 Å². The van der Waals surface area contributed by atoms with E-state index in [1.807, 2.05) is 36.7 Å². The predicted octanol–water partition coefficient (Wildman–Crippen LogP) is 2.37. The molecule has 3 N–H and O–H groups in total. The largest absolute Gasteiger partial charge is 0.497 e. The number of hydrogen-bond donors (Lipinski definition) is 3. The van der Waals surface area contributed by atoms with Gasteiger partial charge in [-0.2, -0.15) is 5.10 Å². The van der Waals surface area contributed by atoms with Gasteiger partial charge >= 0.3 is 6.03 Å². The molecule has 7 nitrogen and oxygen atoms in total. The molecule has 4 rings (SSSR count). The second-order valence-electron chi connectivity index (χ2n) is 6.83. The lowest BCUT2D eigenvalue weighted by atomic mass is 9.88. The molecule has 7 heteroatoms. The number of carbonyl (C=O) groups is 1. The average molecular weight is 365 g/mol. The third-order valence-electron chi connectivity index (χ3n) is 5.08. The van der Waals surface area contributed by atoms with Crippen LogP contribution in [0.4, 0.5) is 4.79 Å². The maximum atomic E-state index is 12.2. The molecule has 1 aliphatic rings. The lowest BCUT2D eigenvalue weighted by molar-refractivity contribution is 0.235. The number of hydrogen-bond acceptors (Lipinski definition) is 4. The van der Waals surface area contributed by atoms with Crippen LogP contribution in [0.3, 0.4) is 0 Å². The SMILES string of the molecule is COc1ccc(CCNC(=O)NC2CCc3c(cnc4[nH]ncc34)C2)cc1. The molecule has 1 aromatic carbocycles. The Morgan fingerprint density at radius 3 is 2.96 bits per heavy atom. The zero-order valence-corrected chi connectivity index (χ0v) is 15.3. The summed E-state index contributed by atoms with van der Waals surface area (Å²) >= 11 is 0. The van der Waals surface area contributed by atoms with E-state index in [0.717, 1.165) is 48.0 Å². The van der Waals surface area contributed by atoms with E-state index in [1.54, 1.807) is 7.11 Å². The molecular formula is C20H23N5O2. The highest BCUT2D eigenvalue weighted by atomic mass is 16.5. The van der Waals surface area contributed by atoms with Gasteiger partial charge in [-0.3, -0.25) is 5.10 Å². The molecule has 2 amide bonds. The third-order valence-corrected chi connectivity index (χ3v) is 5.08. The number of nitrogens with one attached hydrogen (secondary N) is 3. The summed E-state index contributed by atoms with van der Waals surface area (Å²) in [4.78, 5) is 16.6. The molecule has 1 aliphatic carbocycles. The van der Waals surface area contributed by atoms with E-state index in [-0.39, 0.29) is 12.1 Å². The molecule has 0 saturated heterocycles. The fraction of sp³-hybridized carbons (Fsp3) is 0.350. The molecule has 140 valence electrons. The molecule has 0 bridgehead atoms. The molecule has 27 heavy (non-hydrogen) atoms. The van der Waals surface area contributed by atoms with E-state index in [2.05, 4.69) is 25.8 Å². The summed E-state index contributed by atoms with van der Waals surface area (Å²) in [5, 5.41) is 14.1. The van der Waals surface area contributed by atoms with Crippen molar-refractivity contribution in [3.05, 3.63) is 53.3 Å². The van der Waals surface area contributed by atoms with Gasteiger partial charge in [-0.1, -0.05) is 12.1 Å². The van der Waals surface area contributed by atoms with Crippen molar-refractivity contribution >= 4 is 17.1 Å². The number of nitrogens with zero attached hydrogens (tertiary/aromatic N) is 2. The Morgan fingerprint density at radius 1 is 1.30 bits per heavy atom. The number of benzene rings is 1. The van der Waals surface area contributed by atoms with Crippen LogP contribution < -0.4 is 15.4 Å². The number of methoxy groups -OCH3 is 1. The molecule has 0 fully saturated rings. The summed E-state index contributed by atoms with van der Waals surface area (Å²) in [6, 6.07) is 7.90. The van der Waals surface area contributed by atoms with E-state index in [4.69, 9.17) is 4.74 Å². The highest BCUT2D eigenvalue weighted by Crippen LogP contribution is 2.26. The van der Waals surface area contributed by atoms with Gasteiger partial charge in [0.1, 0.15) is 5.75 Å². The molecule has 1 atom stereocenters. The maximum Gasteiger partial charge on any atom is 0.315 e. The predicted molar refractivity (Wildman–Crippen MR) is 103 cm³/mol. The third kappa shape index (κ3) is 3.86. The highest BCUT2D eigenvalue weighted by molar-refractivity contribution is 5.79. The van der Waals surface area contributed by atoms with Crippen molar-refractivity contribution < 1.29 is 9.53 Å². The lowest BCUT2D eigenvalue weighted by Gasteiger charge is -2.25. The van der Waals surface area contributed by atoms with Crippen molar-refractivity contribution in [3.63, 3.8) is 0 Å². The number of amides is 2. The van der Waals surface area contributed by atoms with Gasteiger partial charge < -0.3 is 15.4 Å². The topological polar surface area (TPSA) is 91.9 Å². The first-order chi connectivity index (χ1) is 13.2. The number of carbonyl (C=O) groups excluding carboxylic acids is 1. The summed E-state index contributed by atoms with van der Waals surface area (Å²) in [6.45, 7) is 0.596. The van der Waals surface area contributed by atoms with E-state index in [1.165, 1.54) is 11.1 Å². The van der Waals surface area contributed by atoms with Crippen LogP contribution in [0, 0.1) is 0 Å². The fourth-order valence-electron chi connectivity index (χ4n) is 3.62. The van der Waals surface area contributed by atoms with Crippen molar-refractivity contribution in [3.8, 4) is 5.75 Å². The molecule has 1 unspecified atom stereocenters. The standard InChI is InChI=1S/C20H23N5O2/c1-27-16-5-2-13(3-6-16)8-9-21-20(26)24-15-4-7-17-14(10-15)11-22-19-18(17)12-23-25-19/h2-3,5-6,11-12,15H,4,7-10H2,1H3,(H2,21,24,26)(H,22,23,25). The number of fused-ring (bicyclic) bond motifs is 3. The number of pyridine rings is 1. The normalized spacial score (nSPS) is 16.0. The van der Waals surface area contributed by atoms with E-state index in [9.17, 15) is 4.79 Å². The van der Waals surface area contributed by atoms with E-state index in [0.29, 0.717) is 6.54 Å². The Balaban J connectivity index is 1.27. The van der Waals surface area contributed by atoms with Crippen LogP contribution in [0.2, 0.25) is 0 Å². The first kappa shape index (κ1) is 17.3. The van der Waals surface area contributed by atoms with Crippen LogP contribution >= 0.6 is 0 Å². The maximum absolute atomic E-state index is 12.2. The summed E-state index contributed by atoms with van der Waals surface area (Å²) in [5.41, 5.74) is 4.49. The summed E-state index contributed by atoms with van der Waals surface area (Å²) in [7, 11) is 1.65. The zero-order valence-electron chi connectivity index (χ0n) is 15.3. The van der Waals surface area contributed by atoms with Crippen molar-refractivity contribution in [2.24, 2.45) is 0 Å². The van der Waals surface area contributed by atoms with Gasteiger partial charge in [0.2, 0.25) is 0 Å². The fourth-order valence-corrected chi connectivity index (χ4v) is 3.62. The quantitative estimate of drug-likeness (QED) is 0.647. The van der Waals surface area contributed by atoms with Gasteiger partial charge in [0, 0.05) is 24.2 Å². The van der Waals surface area contributed by atoms with Gasteiger partial charge in [0.05, 0.1) is 13.3 Å². The molecule has 0 spiro atoms. The minimum absolute atomic E-state index is 0.116. The smallest absolute Gasteiger partial charge is 0.315 e. The monoisotopic (exact) mass is 365 g/mol. The second-order valence-corrected chi connectivity index (χ2v) is 6.83. The molecule has 3 aromatic rings. The zero-order chi connectivity index (χ0) is 18.6. The van der Waals surface area contributed by atoms with Crippen LogP contribution in [0.25, 0.3) is 11.0 Å². The Kier molecular flexibility index (Phi) is 4.91. The Hall–Kier alpha value is -3.09.